The molecule has 0 unspecified atom stereocenters. The minimum absolute atomic E-state index is 0.285. The molecule has 1 aromatic rings. The first kappa shape index (κ1) is 15.8. The molecule has 4 nitrogen and oxygen atoms in total. The predicted octanol–water partition coefficient (Wildman–Crippen LogP) is 2.74. The molecule has 116 valence electrons. The number of aliphatic hydroxyl groups excluding tert-OH is 1. The molecule has 2 rings (SSSR count). The van der Waals surface area contributed by atoms with E-state index in [9.17, 15) is 18.3 Å². The minimum atomic E-state index is -4.70. The van der Waals surface area contributed by atoms with Crippen LogP contribution in [0.2, 0.25) is 0 Å². The Labute approximate surface area is 125 Å². The average molecular weight is 320 g/mol. The Hall–Kier alpha value is -1.54. The van der Waals surface area contributed by atoms with Gasteiger partial charge in [-0.25, -0.2) is 0 Å². The second kappa shape index (κ2) is 6.48. The zero-order chi connectivity index (χ0) is 15.5. The first-order valence-corrected chi connectivity index (χ1v) is 6.84. The summed E-state index contributed by atoms with van der Waals surface area (Å²) >= 11 is 5.22. The van der Waals surface area contributed by atoms with Crippen LogP contribution >= 0.6 is 12.2 Å². The fourth-order valence-electron chi connectivity index (χ4n) is 2.08. The van der Waals surface area contributed by atoms with Gasteiger partial charge in [-0.3, -0.25) is 0 Å². The number of benzene rings is 1. The molecule has 1 fully saturated rings. The van der Waals surface area contributed by atoms with E-state index < -0.39 is 12.5 Å². The third-order valence-corrected chi connectivity index (χ3v) is 3.38. The zero-order valence-electron chi connectivity index (χ0n) is 11.1. The van der Waals surface area contributed by atoms with Gasteiger partial charge >= 0.3 is 6.36 Å². The molecule has 0 bridgehead atoms. The highest BCUT2D eigenvalue weighted by Gasteiger charge is 2.31. The largest absolute Gasteiger partial charge is 0.573 e. The molecule has 1 aliphatic heterocycles. The zero-order valence-corrected chi connectivity index (χ0v) is 11.9. The van der Waals surface area contributed by atoms with Gasteiger partial charge in [0, 0.05) is 18.8 Å². The molecule has 0 saturated carbocycles. The van der Waals surface area contributed by atoms with Gasteiger partial charge in [0.25, 0.3) is 0 Å². The number of ether oxygens (including phenoxy) is 1. The molecule has 2 N–H and O–H groups in total. The molecule has 1 aliphatic rings. The maximum atomic E-state index is 12.0. The van der Waals surface area contributed by atoms with Gasteiger partial charge in [-0.1, -0.05) is 0 Å². The second-order valence-electron chi connectivity index (χ2n) is 4.74. The van der Waals surface area contributed by atoms with Crippen LogP contribution in [0, 0.1) is 0 Å². The summed E-state index contributed by atoms with van der Waals surface area (Å²) in [6.45, 7) is 1.21. The number of piperidine rings is 1. The molecule has 1 aromatic carbocycles. The van der Waals surface area contributed by atoms with Crippen molar-refractivity contribution in [2.75, 3.05) is 18.4 Å². The third-order valence-electron chi connectivity index (χ3n) is 3.02. The summed E-state index contributed by atoms with van der Waals surface area (Å²) in [6.07, 6.45) is -3.50. The van der Waals surface area contributed by atoms with E-state index in [0.717, 1.165) is 19.4 Å². The van der Waals surface area contributed by atoms with E-state index in [1.165, 1.54) is 24.3 Å². The lowest BCUT2D eigenvalue weighted by molar-refractivity contribution is -0.274. The minimum Gasteiger partial charge on any atom is -0.406 e. The Morgan fingerprint density at radius 2 is 2.00 bits per heavy atom. The fraction of sp³-hybridized carbons (Fsp3) is 0.462. The number of thiocarbonyl (C=S) groups is 1. The number of anilines is 1. The van der Waals surface area contributed by atoms with Gasteiger partial charge in [0.2, 0.25) is 0 Å². The van der Waals surface area contributed by atoms with Crippen molar-refractivity contribution < 1.29 is 23.0 Å². The van der Waals surface area contributed by atoms with Gasteiger partial charge in [-0.15, -0.1) is 13.2 Å². The summed E-state index contributed by atoms with van der Waals surface area (Å²) < 4.78 is 39.9. The van der Waals surface area contributed by atoms with Crippen molar-refractivity contribution in [2.24, 2.45) is 0 Å². The number of aliphatic hydroxyl groups is 1. The van der Waals surface area contributed by atoms with Crippen molar-refractivity contribution in [3.63, 3.8) is 0 Å². The van der Waals surface area contributed by atoms with Gasteiger partial charge in [-0.2, -0.15) is 0 Å². The van der Waals surface area contributed by atoms with Gasteiger partial charge in [0.05, 0.1) is 6.10 Å². The van der Waals surface area contributed by atoms with Crippen molar-refractivity contribution in [1.29, 1.82) is 0 Å². The highest BCUT2D eigenvalue weighted by molar-refractivity contribution is 7.80. The van der Waals surface area contributed by atoms with Gasteiger partial charge in [0.15, 0.2) is 5.11 Å². The van der Waals surface area contributed by atoms with E-state index in [1.54, 1.807) is 0 Å². The Bertz CT molecular complexity index is 493. The van der Waals surface area contributed by atoms with Crippen LogP contribution < -0.4 is 10.1 Å². The molecule has 1 atom stereocenters. The summed E-state index contributed by atoms with van der Waals surface area (Å²) in [6, 6.07) is 5.33. The highest BCUT2D eigenvalue weighted by atomic mass is 32.1. The van der Waals surface area contributed by atoms with E-state index in [-0.39, 0.29) is 5.75 Å². The molecule has 0 aliphatic carbocycles. The van der Waals surface area contributed by atoms with Gasteiger partial charge in [0.1, 0.15) is 5.75 Å². The average Bonchev–Trinajstić information content (AvgIpc) is 2.39. The SMILES string of the molecule is O[C@H]1CCCN(C(=S)Nc2ccc(OC(F)(F)F)cc2)C1. The number of hydrogen-bond acceptors (Lipinski definition) is 3. The Balaban J connectivity index is 1.92. The summed E-state index contributed by atoms with van der Waals surface area (Å²) in [5.74, 6) is -0.285. The maximum Gasteiger partial charge on any atom is 0.573 e. The highest BCUT2D eigenvalue weighted by Crippen LogP contribution is 2.24. The van der Waals surface area contributed by atoms with Gasteiger partial charge < -0.3 is 20.1 Å². The first-order chi connectivity index (χ1) is 9.83. The molecule has 0 spiro atoms. The summed E-state index contributed by atoms with van der Waals surface area (Å²) in [4.78, 5) is 1.84. The summed E-state index contributed by atoms with van der Waals surface area (Å²) in [5.41, 5.74) is 0.564. The number of nitrogens with one attached hydrogen (secondary N) is 1. The molecule has 8 heteroatoms. The monoisotopic (exact) mass is 320 g/mol. The first-order valence-electron chi connectivity index (χ1n) is 6.43. The predicted molar refractivity (Wildman–Crippen MR) is 76.2 cm³/mol. The topological polar surface area (TPSA) is 44.7 Å². The van der Waals surface area contributed by atoms with Crippen LogP contribution in [0.1, 0.15) is 12.8 Å². The summed E-state index contributed by atoms with van der Waals surface area (Å²) in [7, 11) is 0. The van der Waals surface area contributed by atoms with Crippen molar-refractivity contribution in [2.45, 2.75) is 25.3 Å². The summed E-state index contributed by atoms with van der Waals surface area (Å²) in [5, 5.41) is 13.0. The molecule has 0 aromatic heterocycles. The molecule has 1 heterocycles. The van der Waals surface area contributed by atoms with Crippen molar-refractivity contribution in [3.8, 4) is 5.75 Å². The normalized spacial score (nSPS) is 19.2. The lowest BCUT2D eigenvalue weighted by Crippen LogP contribution is -2.44. The molecular weight excluding hydrogens is 305 g/mol. The quantitative estimate of drug-likeness (QED) is 0.821. The van der Waals surface area contributed by atoms with E-state index in [1.807, 2.05) is 4.90 Å². The van der Waals surface area contributed by atoms with E-state index in [2.05, 4.69) is 10.1 Å². The molecule has 21 heavy (non-hydrogen) atoms. The van der Waals surface area contributed by atoms with Crippen LogP contribution in [0.5, 0.6) is 5.75 Å². The smallest absolute Gasteiger partial charge is 0.406 e. The lowest BCUT2D eigenvalue weighted by atomic mass is 10.1. The molecule has 1 saturated heterocycles. The van der Waals surface area contributed by atoms with E-state index in [4.69, 9.17) is 12.2 Å². The number of halogens is 3. The van der Waals surface area contributed by atoms with Crippen LogP contribution in [0.3, 0.4) is 0 Å². The molecule has 0 amide bonds. The standard InChI is InChI=1S/C13H15F3N2O2S/c14-13(15,16)20-11-5-3-9(4-6-11)17-12(21)18-7-1-2-10(19)8-18/h3-6,10,19H,1-2,7-8H2,(H,17,21)/t10-/m0/s1. The van der Waals surface area contributed by atoms with Crippen molar-refractivity contribution >= 4 is 23.0 Å². The Kier molecular flexibility index (Phi) is 4.89. The third kappa shape index (κ3) is 5.05. The van der Waals surface area contributed by atoms with E-state index in [0.29, 0.717) is 17.3 Å². The Morgan fingerprint density at radius 3 is 2.57 bits per heavy atom. The van der Waals surface area contributed by atoms with Crippen LogP contribution in [0.15, 0.2) is 24.3 Å². The number of alkyl halides is 3. The number of hydrogen-bond donors (Lipinski definition) is 2. The molecule has 0 radical (unpaired) electrons. The second-order valence-corrected chi connectivity index (χ2v) is 5.13. The van der Waals surface area contributed by atoms with Crippen LogP contribution in [0.25, 0.3) is 0 Å². The number of likely N-dealkylation sites (tertiary alicyclic amines) is 1. The maximum absolute atomic E-state index is 12.0. The molecular formula is C13H15F3N2O2S. The number of nitrogens with zero attached hydrogens (tertiary/aromatic N) is 1. The van der Waals surface area contributed by atoms with Crippen LogP contribution in [0.4, 0.5) is 18.9 Å². The van der Waals surface area contributed by atoms with E-state index >= 15 is 0 Å². The lowest BCUT2D eigenvalue weighted by Gasteiger charge is -2.32. The van der Waals surface area contributed by atoms with Crippen LogP contribution in [-0.4, -0.2) is 40.7 Å². The van der Waals surface area contributed by atoms with Crippen molar-refractivity contribution in [3.05, 3.63) is 24.3 Å². The van der Waals surface area contributed by atoms with Crippen LogP contribution in [-0.2, 0) is 0 Å². The van der Waals surface area contributed by atoms with Crippen molar-refractivity contribution in [1.82, 2.24) is 4.90 Å². The number of β-amino-alcohol motifs (C(OH)–C–C–N with tert-alkyl or cyclic N) is 1. The fourth-order valence-corrected chi connectivity index (χ4v) is 2.37. The number of rotatable bonds is 2. The van der Waals surface area contributed by atoms with Gasteiger partial charge in [-0.05, 0) is 49.3 Å². The Morgan fingerprint density at radius 1 is 1.33 bits per heavy atom.